The van der Waals surface area contributed by atoms with E-state index >= 15 is 0 Å². The predicted octanol–water partition coefficient (Wildman–Crippen LogP) is 3.87. The van der Waals surface area contributed by atoms with Crippen molar-refractivity contribution in [3.8, 4) is 0 Å². The fraction of sp³-hybridized carbons (Fsp3) is 0.375. The largest absolute Gasteiger partial charge is 0.324 e. The maximum atomic E-state index is 13.3. The van der Waals surface area contributed by atoms with Gasteiger partial charge in [-0.1, -0.05) is 30.3 Å². The van der Waals surface area contributed by atoms with Crippen LogP contribution in [-0.2, 0) is 20.8 Å². The molecule has 2 aromatic rings. The molecule has 154 valence electrons. The van der Waals surface area contributed by atoms with Crippen molar-refractivity contribution in [3.05, 3.63) is 63.7 Å². The molecule has 6 heteroatoms. The number of likely N-dealkylation sites (tertiary alicyclic amines) is 1. The fourth-order valence-electron chi connectivity index (χ4n) is 5.64. The van der Waals surface area contributed by atoms with E-state index in [1.54, 1.807) is 0 Å². The van der Waals surface area contributed by atoms with Crippen LogP contribution < -0.4 is 5.32 Å². The first kappa shape index (κ1) is 19.7. The molecule has 1 N–H and O–H groups in total. The normalized spacial score (nSPS) is 28.0. The molecule has 2 bridgehead atoms. The quantitative estimate of drug-likeness (QED) is 0.487. The van der Waals surface area contributed by atoms with Crippen molar-refractivity contribution in [1.29, 1.82) is 0 Å². The monoisotopic (exact) mass is 514 g/mol. The van der Waals surface area contributed by atoms with Crippen LogP contribution >= 0.6 is 22.6 Å². The number of fused-ring (bicyclic) bond motifs is 5. The van der Waals surface area contributed by atoms with Crippen molar-refractivity contribution >= 4 is 46.0 Å². The summed E-state index contributed by atoms with van der Waals surface area (Å²) >= 11 is 2.21. The minimum Gasteiger partial charge on any atom is -0.324 e. The zero-order chi connectivity index (χ0) is 20.8. The van der Waals surface area contributed by atoms with Gasteiger partial charge in [0.25, 0.3) is 0 Å². The number of benzene rings is 2. The molecule has 1 saturated heterocycles. The summed E-state index contributed by atoms with van der Waals surface area (Å²) in [6, 6.07) is 16.3. The van der Waals surface area contributed by atoms with Crippen LogP contribution in [0, 0.1) is 27.2 Å². The number of imide groups is 1. The first-order valence-corrected chi connectivity index (χ1v) is 11.6. The molecule has 0 aromatic heterocycles. The van der Waals surface area contributed by atoms with E-state index in [1.807, 2.05) is 54.6 Å². The van der Waals surface area contributed by atoms with Crippen molar-refractivity contribution in [3.63, 3.8) is 0 Å². The molecule has 3 aliphatic rings. The molecule has 30 heavy (non-hydrogen) atoms. The van der Waals surface area contributed by atoms with Crippen LogP contribution in [0.25, 0.3) is 0 Å². The molecule has 2 saturated carbocycles. The summed E-state index contributed by atoms with van der Waals surface area (Å²) in [5.41, 5.74) is 1.60. The number of rotatable bonds is 5. The van der Waals surface area contributed by atoms with Crippen LogP contribution in [0.15, 0.2) is 54.6 Å². The Morgan fingerprint density at radius 2 is 1.57 bits per heavy atom. The molecule has 5 atom stereocenters. The molecular weight excluding hydrogens is 491 g/mol. The highest BCUT2D eigenvalue weighted by Gasteiger charge is 2.62. The number of hydrogen-bond donors (Lipinski definition) is 1. The Bertz CT molecular complexity index is 963. The SMILES string of the molecule is O=C(Nc1ccc(I)cc1)[C@H](Cc1ccccc1)N1C(=O)[C@@H]2[C@H]3CC[C@@H](C3)[C@@H]2C1=O. The van der Waals surface area contributed by atoms with E-state index in [0.29, 0.717) is 23.9 Å². The first-order chi connectivity index (χ1) is 14.5. The van der Waals surface area contributed by atoms with Gasteiger partial charge in [0.15, 0.2) is 0 Å². The summed E-state index contributed by atoms with van der Waals surface area (Å²) in [4.78, 5) is 41.3. The third-order valence-electron chi connectivity index (χ3n) is 6.96. The Kier molecular flexibility index (Phi) is 5.13. The number of hydrogen-bond acceptors (Lipinski definition) is 3. The molecule has 0 unspecified atom stereocenters. The molecule has 2 aliphatic carbocycles. The van der Waals surface area contributed by atoms with E-state index in [4.69, 9.17) is 0 Å². The number of nitrogens with one attached hydrogen (secondary N) is 1. The Hall–Kier alpha value is -2.22. The van der Waals surface area contributed by atoms with Gasteiger partial charge in [0, 0.05) is 15.7 Å². The van der Waals surface area contributed by atoms with Gasteiger partial charge in [0.1, 0.15) is 6.04 Å². The summed E-state index contributed by atoms with van der Waals surface area (Å²) in [6.07, 6.45) is 3.36. The highest BCUT2D eigenvalue weighted by atomic mass is 127. The smallest absolute Gasteiger partial charge is 0.248 e. The van der Waals surface area contributed by atoms with Crippen LogP contribution in [0.3, 0.4) is 0 Å². The van der Waals surface area contributed by atoms with Gasteiger partial charge >= 0.3 is 0 Å². The van der Waals surface area contributed by atoms with E-state index in [-0.39, 0.29) is 29.6 Å². The number of anilines is 1. The zero-order valence-corrected chi connectivity index (χ0v) is 18.6. The van der Waals surface area contributed by atoms with Crippen LogP contribution in [0.2, 0.25) is 0 Å². The first-order valence-electron chi connectivity index (χ1n) is 10.5. The summed E-state index contributed by atoms with van der Waals surface area (Å²) in [5.74, 6) is -0.432. The third kappa shape index (κ3) is 3.35. The van der Waals surface area contributed by atoms with Crippen molar-refractivity contribution in [2.24, 2.45) is 23.7 Å². The second kappa shape index (κ2) is 7.80. The van der Waals surface area contributed by atoms with Crippen LogP contribution in [0.4, 0.5) is 5.69 Å². The Morgan fingerprint density at radius 3 is 2.17 bits per heavy atom. The topological polar surface area (TPSA) is 66.5 Å². The van der Waals surface area contributed by atoms with E-state index < -0.39 is 6.04 Å². The van der Waals surface area contributed by atoms with Gasteiger partial charge in [0.05, 0.1) is 11.8 Å². The van der Waals surface area contributed by atoms with Crippen LogP contribution in [-0.4, -0.2) is 28.7 Å². The van der Waals surface area contributed by atoms with E-state index in [0.717, 1.165) is 28.4 Å². The van der Waals surface area contributed by atoms with Gasteiger partial charge in [-0.25, -0.2) is 0 Å². The van der Waals surface area contributed by atoms with Crippen LogP contribution in [0.1, 0.15) is 24.8 Å². The summed E-state index contributed by atoms with van der Waals surface area (Å²) in [6.45, 7) is 0. The molecule has 2 aromatic carbocycles. The number of halogens is 1. The molecule has 1 heterocycles. The second-order valence-electron chi connectivity index (χ2n) is 8.63. The molecule has 0 radical (unpaired) electrons. The third-order valence-corrected chi connectivity index (χ3v) is 7.68. The van der Waals surface area contributed by atoms with Gasteiger partial charge in [-0.05, 0) is 83.5 Å². The maximum absolute atomic E-state index is 13.3. The fourth-order valence-corrected chi connectivity index (χ4v) is 6.00. The summed E-state index contributed by atoms with van der Waals surface area (Å²) in [5, 5.41) is 2.92. The average molecular weight is 514 g/mol. The van der Waals surface area contributed by atoms with Gasteiger partial charge in [-0.2, -0.15) is 0 Å². The van der Waals surface area contributed by atoms with Gasteiger partial charge in [0.2, 0.25) is 17.7 Å². The minimum atomic E-state index is -0.836. The lowest BCUT2D eigenvalue weighted by molar-refractivity contribution is -0.147. The van der Waals surface area contributed by atoms with Crippen molar-refractivity contribution < 1.29 is 14.4 Å². The number of carbonyl (C=O) groups excluding carboxylic acids is 3. The Balaban J connectivity index is 1.45. The average Bonchev–Trinajstić information content (AvgIpc) is 3.43. The molecule has 5 rings (SSSR count). The standard InChI is InChI=1S/C24H23IN2O3/c25-17-8-10-18(11-9-17)26-22(28)19(12-14-4-2-1-3-5-14)27-23(29)20-15-6-7-16(13-15)21(20)24(27)30/h1-5,8-11,15-16,19-21H,6-7,12-13H2,(H,26,28)/t15-,16-,19-,20-,21+/m0/s1. The van der Waals surface area contributed by atoms with E-state index in [1.165, 1.54) is 4.90 Å². The minimum absolute atomic E-state index is 0.143. The summed E-state index contributed by atoms with van der Waals surface area (Å²) in [7, 11) is 0. The number of carbonyl (C=O) groups is 3. The lowest BCUT2D eigenvalue weighted by Crippen LogP contribution is -2.49. The zero-order valence-electron chi connectivity index (χ0n) is 16.5. The molecule has 3 amide bonds. The van der Waals surface area contributed by atoms with Crippen molar-refractivity contribution in [2.75, 3.05) is 5.32 Å². The molecular formula is C24H23IN2O3. The number of nitrogens with zero attached hydrogens (tertiary/aromatic N) is 1. The van der Waals surface area contributed by atoms with Crippen molar-refractivity contribution in [2.45, 2.75) is 31.7 Å². The van der Waals surface area contributed by atoms with E-state index in [9.17, 15) is 14.4 Å². The molecule has 0 spiro atoms. The van der Waals surface area contributed by atoms with Crippen LogP contribution in [0.5, 0.6) is 0 Å². The molecule has 3 fully saturated rings. The lowest BCUT2D eigenvalue weighted by atomic mass is 9.81. The molecule has 5 nitrogen and oxygen atoms in total. The van der Waals surface area contributed by atoms with Crippen molar-refractivity contribution in [1.82, 2.24) is 4.90 Å². The Labute approximate surface area is 189 Å². The van der Waals surface area contributed by atoms with Gasteiger partial charge in [-0.3, -0.25) is 19.3 Å². The second-order valence-corrected chi connectivity index (χ2v) is 9.88. The Morgan fingerprint density at radius 1 is 0.967 bits per heavy atom. The highest BCUT2D eigenvalue weighted by Crippen LogP contribution is 2.56. The highest BCUT2D eigenvalue weighted by molar-refractivity contribution is 14.1. The number of amides is 3. The van der Waals surface area contributed by atoms with E-state index in [2.05, 4.69) is 27.9 Å². The molecule has 1 aliphatic heterocycles. The maximum Gasteiger partial charge on any atom is 0.248 e. The summed E-state index contributed by atoms with van der Waals surface area (Å²) < 4.78 is 1.07. The van der Waals surface area contributed by atoms with Gasteiger partial charge in [-0.15, -0.1) is 0 Å². The predicted molar refractivity (Wildman–Crippen MR) is 121 cm³/mol. The lowest BCUT2D eigenvalue weighted by Gasteiger charge is -2.27. The van der Waals surface area contributed by atoms with Gasteiger partial charge < -0.3 is 5.32 Å².